The van der Waals surface area contributed by atoms with Crippen LogP contribution in [0, 0.1) is 0 Å². The molecule has 1 aliphatic heterocycles. The van der Waals surface area contributed by atoms with Crippen LogP contribution in [0.25, 0.3) is 22.1 Å². The molecule has 0 saturated carbocycles. The number of para-hydroxylation sites is 1. The number of nitrogens with zero attached hydrogens (tertiary/aromatic N) is 4. The number of fused-ring (bicyclic) bond motifs is 2. The van der Waals surface area contributed by atoms with Crippen molar-refractivity contribution in [3.63, 3.8) is 0 Å². The number of benzene rings is 1. The van der Waals surface area contributed by atoms with E-state index in [1.165, 1.54) is 0 Å². The molecule has 0 amide bonds. The topological polar surface area (TPSA) is 108 Å². The van der Waals surface area contributed by atoms with Crippen molar-refractivity contribution in [3.8, 4) is 6.01 Å². The number of rotatable bonds is 12. The van der Waals surface area contributed by atoms with E-state index in [0.717, 1.165) is 59.3 Å². The Bertz CT molecular complexity index is 1300. The van der Waals surface area contributed by atoms with E-state index in [0.29, 0.717) is 38.0 Å². The molecule has 1 fully saturated rings. The van der Waals surface area contributed by atoms with Crippen LogP contribution in [0.1, 0.15) is 37.9 Å². The third-order valence-electron chi connectivity index (χ3n) is 6.38. The monoisotopic (exact) mass is 494 g/mol. The maximum Gasteiger partial charge on any atom is 0.298 e. The minimum absolute atomic E-state index is 0.0938. The average Bonchev–Trinajstić information content (AvgIpc) is 3.60. The second-order valence-electron chi connectivity index (χ2n) is 8.79. The van der Waals surface area contributed by atoms with Crippen molar-refractivity contribution in [1.82, 2.24) is 24.7 Å². The second-order valence-corrected chi connectivity index (χ2v) is 8.79. The first kappa shape index (κ1) is 24.5. The highest BCUT2D eigenvalue weighted by molar-refractivity contribution is 5.82. The summed E-state index contributed by atoms with van der Waals surface area (Å²) in [6.45, 7) is 7.38. The molecule has 0 unspecified atom stereocenters. The van der Waals surface area contributed by atoms with Gasteiger partial charge in [0.05, 0.1) is 29.9 Å². The molecule has 10 heteroatoms. The molecule has 1 saturated heterocycles. The molecule has 3 aromatic heterocycles. The Morgan fingerprint density at radius 2 is 2.11 bits per heavy atom. The minimum atomic E-state index is -0.471. The third kappa shape index (κ3) is 5.16. The number of hydrogen-bond donors (Lipinski definition) is 2. The smallest absolute Gasteiger partial charge is 0.298 e. The van der Waals surface area contributed by atoms with Gasteiger partial charge in [-0.1, -0.05) is 25.1 Å². The summed E-state index contributed by atoms with van der Waals surface area (Å²) in [6.07, 6.45) is 1.98. The van der Waals surface area contributed by atoms with Crippen LogP contribution < -0.4 is 10.1 Å². The molecule has 0 aliphatic carbocycles. The number of aromatic amines is 1. The molecule has 2 atom stereocenters. The molecule has 1 aliphatic rings. The molecule has 0 radical (unpaired) electrons. The number of ether oxygens (including phenoxy) is 4. The van der Waals surface area contributed by atoms with E-state index < -0.39 is 6.29 Å². The van der Waals surface area contributed by atoms with E-state index in [4.69, 9.17) is 29.0 Å². The van der Waals surface area contributed by atoms with Gasteiger partial charge in [-0.3, -0.25) is 4.68 Å². The highest BCUT2D eigenvalue weighted by Gasteiger charge is 2.31. The number of pyridine rings is 1. The average molecular weight is 495 g/mol. The molecule has 192 valence electrons. The highest BCUT2D eigenvalue weighted by atomic mass is 16.7. The van der Waals surface area contributed by atoms with Crippen molar-refractivity contribution in [1.29, 1.82) is 0 Å². The normalized spacial score (nSPS) is 17.9. The maximum atomic E-state index is 5.96. The lowest BCUT2D eigenvalue weighted by atomic mass is 10.2. The molecule has 5 rings (SSSR count). The van der Waals surface area contributed by atoms with Crippen molar-refractivity contribution in [3.05, 3.63) is 41.6 Å². The lowest BCUT2D eigenvalue weighted by molar-refractivity contribution is -0.112. The number of aryl methyl sites for hydroxylation is 2. The second kappa shape index (κ2) is 11.2. The van der Waals surface area contributed by atoms with E-state index in [1.807, 2.05) is 19.1 Å². The molecule has 4 heterocycles. The fraction of sp³-hybridized carbons (Fsp3) is 0.500. The summed E-state index contributed by atoms with van der Waals surface area (Å²) in [7, 11) is 1.72. The van der Waals surface area contributed by atoms with Crippen LogP contribution in [0.5, 0.6) is 6.01 Å². The van der Waals surface area contributed by atoms with Crippen LogP contribution in [0.2, 0.25) is 0 Å². The zero-order valence-electron chi connectivity index (χ0n) is 21.1. The standard InChI is InChI=1S/C26H34N6O4/c1-4-17-15-19-24(30-26(28-19)36-25-22(34-5-2)11-14-35-25)29-23(17)27-16-20-18-9-6-7-10-21(18)32(31-20)12-8-13-33-3/h6-7,9-10,15,22,25H,4-5,8,11-14,16H2,1-3H3,(H2,27,28,29,30)/t22-,25-/m1/s1. The number of H-pyrrole nitrogens is 1. The van der Waals surface area contributed by atoms with E-state index in [1.54, 1.807) is 7.11 Å². The highest BCUT2D eigenvalue weighted by Crippen LogP contribution is 2.26. The van der Waals surface area contributed by atoms with E-state index in [-0.39, 0.29) is 6.10 Å². The Morgan fingerprint density at radius 3 is 2.94 bits per heavy atom. The van der Waals surface area contributed by atoms with Gasteiger partial charge in [-0.2, -0.15) is 10.1 Å². The lowest BCUT2D eigenvalue weighted by Crippen LogP contribution is -2.30. The fourth-order valence-corrected chi connectivity index (χ4v) is 4.60. The molecule has 0 bridgehead atoms. The van der Waals surface area contributed by atoms with Gasteiger partial charge >= 0.3 is 0 Å². The number of aromatic nitrogens is 5. The van der Waals surface area contributed by atoms with Crippen LogP contribution in [0.3, 0.4) is 0 Å². The summed E-state index contributed by atoms with van der Waals surface area (Å²) in [5, 5.41) is 9.52. The molecule has 2 N–H and O–H groups in total. The van der Waals surface area contributed by atoms with Crippen LogP contribution >= 0.6 is 0 Å². The third-order valence-corrected chi connectivity index (χ3v) is 6.38. The van der Waals surface area contributed by atoms with Gasteiger partial charge in [0.1, 0.15) is 11.9 Å². The number of hydrogen-bond acceptors (Lipinski definition) is 8. The Hall–Kier alpha value is -3.21. The molecule has 4 aromatic rings. The van der Waals surface area contributed by atoms with Crippen molar-refractivity contribution in [2.24, 2.45) is 0 Å². The first-order valence-corrected chi connectivity index (χ1v) is 12.7. The summed E-state index contributed by atoms with van der Waals surface area (Å²) in [4.78, 5) is 12.6. The molecular weight excluding hydrogens is 460 g/mol. The van der Waals surface area contributed by atoms with E-state index in [2.05, 4.69) is 45.1 Å². The molecule has 10 nitrogen and oxygen atoms in total. The van der Waals surface area contributed by atoms with Gasteiger partial charge in [0.15, 0.2) is 5.65 Å². The number of nitrogens with one attached hydrogen (secondary N) is 2. The first-order valence-electron chi connectivity index (χ1n) is 12.7. The number of imidazole rings is 1. The van der Waals surface area contributed by atoms with Crippen molar-refractivity contribution >= 4 is 27.9 Å². The number of methoxy groups -OCH3 is 1. The predicted molar refractivity (Wildman–Crippen MR) is 137 cm³/mol. The lowest BCUT2D eigenvalue weighted by Gasteiger charge is -2.17. The quantitative estimate of drug-likeness (QED) is 0.284. The SMILES string of the molecule is CCO[C@@H]1CCO[C@@H]1Oc1nc2nc(NCc3nn(CCCOC)c4ccccc34)c(CC)cc2[nH]1. The van der Waals surface area contributed by atoms with Gasteiger partial charge in [-0.05, 0) is 37.5 Å². The van der Waals surface area contributed by atoms with E-state index >= 15 is 0 Å². The Balaban J connectivity index is 1.34. The summed E-state index contributed by atoms with van der Waals surface area (Å²) in [6, 6.07) is 10.8. The Labute approximate surface area is 210 Å². The van der Waals surface area contributed by atoms with Crippen LogP contribution in [-0.4, -0.2) is 64.1 Å². The fourth-order valence-electron chi connectivity index (χ4n) is 4.60. The first-order chi connectivity index (χ1) is 17.7. The summed E-state index contributed by atoms with van der Waals surface area (Å²) in [5.74, 6) is 0.797. The van der Waals surface area contributed by atoms with Crippen molar-refractivity contribution < 1.29 is 18.9 Å². The van der Waals surface area contributed by atoms with E-state index in [9.17, 15) is 0 Å². The maximum absolute atomic E-state index is 5.96. The Kier molecular flexibility index (Phi) is 7.64. The molecular formula is C26H34N6O4. The molecule has 36 heavy (non-hydrogen) atoms. The largest absolute Gasteiger partial charge is 0.432 e. The van der Waals surface area contributed by atoms with Gasteiger partial charge in [0.25, 0.3) is 6.01 Å². The summed E-state index contributed by atoms with van der Waals surface area (Å²) >= 11 is 0. The van der Waals surface area contributed by atoms with Crippen LogP contribution in [0.4, 0.5) is 5.82 Å². The summed E-state index contributed by atoms with van der Waals surface area (Å²) < 4.78 is 24.6. The summed E-state index contributed by atoms with van der Waals surface area (Å²) in [5.41, 5.74) is 4.61. The Morgan fingerprint density at radius 1 is 1.22 bits per heavy atom. The zero-order chi connectivity index (χ0) is 24.9. The molecule has 1 aromatic carbocycles. The zero-order valence-corrected chi connectivity index (χ0v) is 21.1. The van der Waals surface area contributed by atoms with Gasteiger partial charge in [0, 0.05) is 38.7 Å². The number of anilines is 1. The van der Waals surface area contributed by atoms with Gasteiger partial charge in [-0.25, -0.2) is 4.98 Å². The van der Waals surface area contributed by atoms with Crippen molar-refractivity contribution in [2.45, 2.75) is 58.6 Å². The van der Waals surface area contributed by atoms with Gasteiger partial charge < -0.3 is 29.2 Å². The van der Waals surface area contributed by atoms with Gasteiger partial charge in [0.2, 0.25) is 6.29 Å². The molecule has 0 spiro atoms. The minimum Gasteiger partial charge on any atom is -0.432 e. The predicted octanol–water partition coefficient (Wildman–Crippen LogP) is 4.05. The van der Waals surface area contributed by atoms with Gasteiger partial charge in [-0.15, -0.1) is 0 Å². The van der Waals surface area contributed by atoms with Crippen LogP contribution in [-0.2, 0) is 33.7 Å². The van der Waals surface area contributed by atoms with Crippen LogP contribution in [0.15, 0.2) is 30.3 Å². The van der Waals surface area contributed by atoms with Crippen molar-refractivity contribution in [2.75, 3.05) is 32.2 Å².